The zero-order chi connectivity index (χ0) is 13.9. The quantitative estimate of drug-likeness (QED) is 0.802. The number of amides is 1. The van der Waals surface area contributed by atoms with E-state index in [0.717, 1.165) is 11.4 Å². The SMILES string of the molecule is NCCOc1ccc(NC(=O)C(C2CC2)C2CC2)cc1. The molecule has 3 rings (SSSR count). The van der Waals surface area contributed by atoms with E-state index >= 15 is 0 Å². The summed E-state index contributed by atoms with van der Waals surface area (Å²) in [5, 5.41) is 3.05. The first-order valence-corrected chi connectivity index (χ1v) is 7.51. The van der Waals surface area contributed by atoms with Gasteiger partial charge in [0.05, 0.1) is 0 Å². The second-order valence-corrected chi connectivity index (χ2v) is 5.85. The molecule has 0 radical (unpaired) electrons. The third-order valence-electron chi connectivity index (χ3n) is 4.07. The molecule has 0 bridgehead atoms. The normalized spacial score (nSPS) is 18.1. The topological polar surface area (TPSA) is 64.3 Å². The van der Waals surface area contributed by atoms with Gasteiger partial charge in [0.25, 0.3) is 0 Å². The molecule has 1 aromatic rings. The Morgan fingerprint density at radius 2 is 1.80 bits per heavy atom. The highest BCUT2D eigenvalue weighted by molar-refractivity contribution is 5.93. The molecule has 20 heavy (non-hydrogen) atoms. The zero-order valence-electron chi connectivity index (χ0n) is 11.7. The Labute approximate surface area is 119 Å². The van der Waals surface area contributed by atoms with Crippen LogP contribution < -0.4 is 15.8 Å². The van der Waals surface area contributed by atoms with Crippen molar-refractivity contribution >= 4 is 11.6 Å². The van der Waals surface area contributed by atoms with Gasteiger partial charge in [-0.2, -0.15) is 0 Å². The molecule has 4 nitrogen and oxygen atoms in total. The Morgan fingerprint density at radius 1 is 1.20 bits per heavy atom. The molecule has 0 aliphatic heterocycles. The Hall–Kier alpha value is -1.55. The van der Waals surface area contributed by atoms with E-state index in [1.54, 1.807) is 0 Å². The molecule has 2 aliphatic carbocycles. The number of hydrogen-bond acceptors (Lipinski definition) is 3. The minimum atomic E-state index is 0.200. The third kappa shape index (κ3) is 3.31. The van der Waals surface area contributed by atoms with Gasteiger partial charge in [-0.15, -0.1) is 0 Å². The second-order valence-electron chi connectivity index (χ2n) is 5.85. The number of nitrogens with one attached hydrogen (secondary N) is 1. The molecule has 0 aromatic heterocycles. The van der Waals surface area contributed by atoms with Gasteiger partial charge in [0, 0.05) is 18.2 Å². The average Bonchev–Trinajstić information content (AvgIpc) is 3.33. The summed E-state index contributed by atoms with van der Waals surface area (Å²) in [7, 11) is 0. The van der Waals surface area contributed by atoms with Crippen molar-refractivity contribution in [1.29, 1.82) is 0 Å². The van der Waals surface area contributed by atoms with Crippen LogP contribution in [0.2, 0.25) is 0 Å². The van der Waals surface area contributed by atoms with Crippen molar-refractivity contribution < 1.29 is 9.53 Å². The zero-order valence-corrected chi connectivity index (χ0v) is 11.7. The summed E-state index contributed by atoms with van der Waals surface area (Å²) < 4.78 is 5.42. The summed E-state index contributed by atoms with van der Waals surface area (Å²) in [5.41, 5.74) is 6.24. The van der Waals surface area contributed by atoms with Crippen LogP contribution in [0.1, 0.15) is 25.7 Å². The summed E-state index contributed by atoms with van der Waals surface area (Å²) >= 11 is 0. The lowest BCUT2D eigenvalue weighted by atomic mass is 9.97. The summed E-state index contributed by atoms with van der Waals surface area (Å²) in [6.07, 6.45) is 4.89. The van der Waals surface area contributed by atoms with E-state index in [2.05, 4.69) is 5.32 Å². The van der Waals surface area contributed by atoms with E-state index < -0.39 is 0 Å². The van der Waals surface area contributed by atoms with E-state index in [0.29, 0.717) is 25.0 Å². The predicted molar refractivity (Wildman–Crippen MR) is 78.6 cm³/mol. The fourth-order valence-electron chi connectivity index (χ4n) is 2.76. The first-order valence-electron chi connectivity index (χ1n) is 7.51. The van der Waals surface area contributed by atoms with Crippen LogP contribution in [-0.2, 0) is 4.79 Å². The Kier molecular flexibility index (Phi) is 3.92. The summed E-state index contributed by atoms with van der Waals surface area (Å²) in [6.45, 7) is 1.01. The number of hydrogen-bond donors (Lipinski definition) is 2. The van der Waals surface area contributed by atoms with Gasteiger partial charge < -0.3 is 15.8 Å². The number of carbonyl (C=O) groups excluding carboxylic acids is 1. The van der Waals surface area contributed by atoms with Crippen molar-refractivity contribution in [3.63, 3.8) is 0 Å². The molecule has 0 heterocycles. The fraction of sp³-hybridized carbons (Fsp3) is 0.562. The molecule has 0 saturated heterocycles. The Morgan fingerprint density at radius 3 is 2.30 bits per heavy atom. The van der Waals surface area contributed by atoms with Crippen LogP contribution >= 0.6 is 0 Å². The van der Waals surface area contributed by atoms with Crippen LogP contribution in [-0.4, -0.2) is 19.1 Å². The highest BCUT2D eigenvalue weighted by Crippen LogP contribution is 2.49. The molecule has 2 fully saturated rings. The third-order valence-corrected chi connectivity index (χ3v) is 4.07. The Bertz CT molecular complexity index is 452. The lowest BCUT2D eigenvalue weighted by Gasteiger charge is -2.15. The maximum absolute atomic E-state index is 12.4. The first-order chi connectivity index (χ1) is 9.78. The summed E-state index contributed by atoms with van der Waals surface area (Å²) in [5.74, 6) is 2.49. The highest BCUT2D eigenvalue weighted by Gasteiger charge is 2.45. The van der Waals surface area contributed by atoms with Gasteiger partial charge >= 0.3 is 0 Å². The minimum Gasteiger partial charge on any atom is -0.492 e. The number of nitrogens with two attached hydrogens (primary N) is 1. The van der Waals surface area contributed by atoms with E-state index in [1.165, 1.54) is 25.7 Å². The van der Waals surface area contributed by atoms with E-state index in [4.69, 9.17) is 10.5 Å². The van der Waals surface area contributed by atoms with Gasteiger partial charge in [0.15, 0.2) is 0 Å². The molecule has 2 aliphatic rings. The number of ether oxygens (including phenoxy) is 1. The molecule has 2 saturated carbocycles. The minimum absolute atomic E-state index is 0.200. The maximum atomic E-state index is 12.4. The number of benzene rings is 1. The highest BCUT2D eigenvalue weighted by atomic mass is 16.5. The number of anilines is 1. The van der Waals surface area contributed by atoms with Crippen LogP contribution in [0.5, 0.6) is 5.75 Å². The molecular weight excluding hydrogens is 252 g/mol. The lowest BCUT2D eigenvalue weighted by Crippen LogP contribution is -2.26. The molecule has 4 heteroatoms. The smallest absolute Gasteiger partial charge is 0.228 e. The monoisotopic (exact) mass is 274 g/mol. The van der Waals surface area contributed by atoms with Gasteiger partial charge in [-0.25, -0.2) is 0 Å². The van der Waals surface area contributed by atoms with Crippen LogP contribution in [0.4, 0.5) is 5.69 Å². The van der Waals surface area contributed by atoms with E-state index in [9.17, 15) is 4.79 Å². The molecular formula is C16H22N2O2. The summed E-state index contributed by atoms with van der Waals surface area (Å²) in [4.78, 5) is 12.4. The van der Waals surface area contributed by atoms with Gasteiger partial charge in [0.1, 0.15) is 12.4 Å². The fourth-order valence-corrected chi connectivity index (χ4v) is 2.76. The van der Waals surface area contributed by atoms with Crippen molar-refractivity contribution in [2.45, 2.75) is 25.7 Å². The first kappa shape index (κ1) is 13.4. The molecule has 3 N–H and O–H groups in total. The van der Waals surface area contributed by atoms with Gasteiger partial charge in [-0.05, 0) is 61.8 Å². The number of rotatable bonds is 7. The van der Waals surface area contributed by atoms with E-state index in [1.807, 2.05) is 24.3 Å². The molecule has 108 valence electrons. The van der Waals surface area contributed by atoms with Crippen LogP contribution in [0, 0.1) is 17.8 Å². The van der Waals surface area contributed by atoms with Gasteiger partial charge in [-0.3, -0.25) is 4.79 Å². The van der Waals surface area contributed by atoms with E-state index in [-0.39, 0.29) is 11.8 Å². The van der Waals surface area contributed by atoms with Crippen molar-refractivity contribution in [2.24, 2.45) is 23.5 Å². The average molecular weight is 274 g/mol. The molecule has 0 unspecified atom stereocenters. The molecule has 0 spiro atoms. The van der Waals surface area contributed by atoms with Crippen LogP contribution in [0.25, 0.3) is 0 Å². The standard InChI is InChI=1S/C16H22N2O2/c17-9-10-20-14-7-5-13(6-8-14)18-16(19)15(11-1-2-11)12-3-4-12/h5-8,11-12,15H,1-4,9-10,17H2,(H,18,19). The lowest BCUT2D eigenvalue weighted by molar-refractivity contribution is -0.121. The van der Waals surface area contributed by atoms with Crippen molar-refractivity contribution in [2.75, 3.05) is 18.5 Å². The summed E-state index contributed by atoms with van der Waals surface area (Å²) in [6, 6.07) is 7.52. The molecule has 0 atom stereocenters. The van der Waals surface area contributed by atoms with Crippen molar-refractivity contribution in [3.05, 3.63) is 24.3 Å². The largest absolute Gasteiger partial charge is 0.492 e. The van der Waals surface area contributed by atoms with Crippen LogP contribution in [0.3, 0.4) is 0 Å². The molecule has 1 aromatic carbocycles. The Balaban J connectivity index is 1.57. The van der Waals surface area contributed by atoms with Gasteiger partial charge in [-0.1, -0.05) is 0 Å². The number of carbonyl (C=O) groups is 1. The second kappa shape index (κ2) is 5.83. The van der Waals surface area contributed by atoms with Crippen molar-refractivity contribution in [3.8, 4) is 5.75 Å². The molecule has 1 amide bonds. The maximum Gasteiger partial charge on any atom is 0.228 e. The predicted octanol–water partition coefficient (Wildman–Crippen LogP) is 2.40. The van der Waals surface area contributed by atoms with Crippen LogP contribution in [0.15, 0.2) is 24.3 Å². The van der Waals surface area contributed by atoms with Crippen molar-refractivity contribution in [1.82, 2.24) is 0 Å². The van der Waals surface area contributed by atoms with Gasteiger partial charge in [0.2, 0.25) is 5.91 Å².